The van der Waals surface area contributed by atoms with Gasteiger partial charge in [-0.25, -0.2) is 0 Å². The molecule has 6 aromatic rings. The van der Waals surface area contributed by atoms with Gasteiger partial charge in [0.15, 0.2) is 24.5 Å². The lowest BCUT2D eigenvalue weighted by atomic mass is 9.68. The van der Waals surface area contributed by atoms with E-state index >= 15 is 0 Å². The molecule has 12 rings (SSSR count). The summed E-state index contributed by atoms with van der Waals surface area (Å²) in [5, 5.41) is 30.2. The normalized spacial score (nSPS) is 20.3. The van der Waals surface area contributed by atoms with Gasteiger partial charge in [0.1, 0.15) is 11.4 Å². The predicted octanol–water partition coefficient (Wildman–Crippen LogP) is 11.4. The SMILES string of the molecule is CN1/C(=C/C=C/C2=[N+](CC(C)(C)C[N+]3=C(/C=C/C=C4/N(C)c5c([N+](=O)[O-])cc(Br)cc5C45CCCCC5)C(C)(C)c4c3ccc3ccccc43)c3ccc4ccccc4c3C2(C)C)C2(CCCCC2)c2cc(Br)cc([N+](=O)[O-])c21.[I-].[I-]. The highest BCUT2D eigenvalue weighted by molar-refractivity contribution is 9.10. The summed E-state index contributed by atoms with van der Waals surface area (Å²) >= 11 is 7.31. The number of halogens is 4. The third-order valence-electron chi connectivity index (χ3n) is 19.0. The standard InChI is InChI=1S/C67H70Br2N6O4.2HI/c1-63(2,41-72-51-31-29-43-21-11-13-23-47(43)59(51)64(3,4)55(72)25-19-27-57-66(33-15-9-16-34-66)49-37-45(68)39-53(74(76)77)61(49)70(57)7)42-73-52-32-30-44-22-12-14-24-48(44)60(52)65(5,6)56(73)26-20-28-58-67(35-17-10-18-36-67)50-38-46(69)40-54(75(78)79)62(50)71(58)8;;/h11-14,19-32,37-40H,9-10,15-18,33-36,41-42H2,1-8H3;2*1H/q+2;;/p-2. The highest BCUT2D eigenvalue weighted by Crippen LogP contribution is 2.60. The summed E-state index contributed by atoms with van der Waals surface area (Å²) in [7, 11) is 4.02. The number of likely N-dealkylation sites (N-methyl/N-ethyl adjacent to an activating group) is 2. The van der Waals surface area contributed by atoms with Crippen molar-refractivity contribution in [3.05, 3.63) is 196 Å². The summed E-state index contributed by atoms with van der Waals surface area (Å²) in [4.78, 5) is 29.0. The van der Waals surface area contributed by atoms with E-state index in [4.69, 9.17) is 0 Å². The van der Waals surface area contributed by atoms with Gasteiger partial charge in [-0.1, -0.05) is 131 Å². The highest BCUT2D eigenvalue weighted by Gasteiger charge is 2.53. The van der Waals surface area contributed by atoms with Gasteiger partial charge >= 0.3 is 0 Å². The Morgan fingerprint density at radius 1 is 0.568 bits per heavy atom. The Kier molecular flexibility index (Phi) is 16.0. The van der Waals surface area contributed by atoms with Crippen molar-refractivity contribution in [1.82, 2.24) is 0 Å². The maximum Gasteiger partial charge on any atom is 0.294 e. The molecule has 2 fully saturated rings. The van der Waals surface area contributed by atoms with Crippen molar-refractivity contribution in [3.63, 3.8) is 0 Å². The highest BCUT2D eigenvalue weighted by atomic mass is 127. The minimum Gasteiger partial charge on any atom is -1.00 e. The van der Waals surface area contributed by atoms with Gasteiger partial charge < -0.3 is 57.8 Å². The van der Waals surface area contributed by atoms with Crippen LogP contribution in [0, 0.1) is 25.6 Å². The third kappa shape index (κ3) is 9.50. The minimum absolute atomic E-state index is 0. The van der Waals surface area contributed by atoms with E-state index < -0.39 is 0 Å². The lowest BCUT2D eigenvalue weighted by Crippen LogP contribution is -3.00. The fourth-order valence-electron chi connectivity index (χ4n) is 15.7. The molecule has 0 unspecified atom stereocenters. The Morgan fingerprint density at radius 2 is 0.938 bits per heavy atom. The summed E-state index contributed by atoms with van der Waals surface area (Å²) in [6, 6.07) is 34.3. The van der Waals surface area contributed by atoms with E-state index in [-0.39, 0.29) is 96.2 Å². The summed E-state index contributed by atoms with van der Waals surface area (Å²) in [5.41, 5.74) is 11.9. The first-order valence-corrected chi connectivity index (χ1v) is 29.9. The van der Waals surface area contributed by atoms with E-state index in [1.54, 1.807) is 12.1 Å². The van der Waals surface area contributed by atoms with Crippen LogP contribution in [0.2, 0.25) is 0 Å². The van der Waals surface area contributed by atoms with E-state index in [1.165, 1.54) is 55.5 Å². The van der Waals surface area contributed by atoms with E-state index in [1.807, 2.05) is 14.1 Å². The van der Waals surface area contributed by atoms with E-state index in [0.717, 1.165) is 109 Å². The smallest absolute Gasteiger partial charge is 0.294 e. The van der Waals surface area contributed by atoms with Crippen LogP contribution in [0.5, 0.6) is 0 Å². The number of nitro benzene ring substituents is 2. The largest absolute Gasteiger partial charge is 1.00 e. The maximum atomic E-state index is 12.6. The van der Waals surface area contributed by atoms with E-state index in [9.17, 15) is 20.2 Å². The molecule has 2 aliphatic carbocycles. The zero-order chi connectivity index (χ0) is 55.6. The monoisotopic (exact) mass is 1430 g/mol. The Labute approximate surface area is 527 Å². The molecule has 2 spiro atoms. The lowest BCUT2D eigenvalue weighted by molar-refractivity contribution is -0.498. The van der Waals surface area contributed by atoms with Crippen LogP contribution < -0.4 is 57.8 Å². The number of hydrogen-bond acceptors (Lipinski definition) is 6. The summed E-state index contributed by atoms with van der Waals surface area (Å²) in [6.07, 6.45) is 24.0. The molecule has 10 nitrogen and oxygen atoms in total. The molecule has 4 heterocycles. The minimum atomic E-state index is -0.369. The number of fused-ring (bicyclic) bond motifs is 10. The van der Waals surface area contributed by atoms with Crippen molar-refractivity contribution in [1.29, 1.82) is 0 Å². The number of anilines is 2. The second-order valence-corrected chi connectivity index (χ2v) is 26.9. The van der Waals surface area contributed by atoms with Crippen LogP contribution in [0.25, 0.3) is 21.5 Å². The molecule has 4 aliphatic heterocycles. The molecule has 0 radical (unpaired) electrons. The second-order valence-electron chi connectivity index (χ2n) is 25.1. The summed E-state index contributed by atoms with van der Waals surface area (Å²) in [6.45, 7) is 15.7. The van der Waals surface area contributed by atoms with Crippen molar-refractivity contribution in [2.75, 3.05) is 37.0 Å². The quantitative estimate of drug-likeness (QED) is 0.0586. The molecule has 2 saturated carbocycles. The number of allylic oxidation sites excluding steroid dienone is 8. The van der Waals surface area contributed by atoms with Crippen molar-refractivity contribution in [2.24, 2.45) is 5.41 Å². The first-order chi connectivity index (χ1) is 37.7. The van der Waals surface area contributed by atoms with Gasteiger partial charge in [0.05, 0.1) is 26.1 Å². The second kappa shape index (κ2) is 21.9. The molecule has 0 atom stereocenters. The predicted molar refractivity (Wildman–Crippen MR) is 330 cm³/mol. The number of nitro groups is 2. The zero-order valence-electron chi connectivity index (χ0n) is 47.5. The first kappa shape index (κ1) is 59.1. The Balaban J connectivity index is 0.00000368. The Hall–Kier alpha value is -5.04. The molecular weight excluding hydrogens is 1370 g/mol. The van der Waals surface area contributed by atoms with Gasteiger partial charge in [0.2, 0.25) is 11.4 Å². The third-order valence-corrected chi connectivity index (χ3v) is 19.9. The Morgan fingerprint density at radius 3 is 1.31 bits per heavy atom. The van der Waals surface area contributed by atoms with Gasteiger partial charge in [0, 0.05) is 92.8 Å². The maximum absolute atomic E-state index is 12.6. The van der Waals surface area contributed by atoms with Gasteiger partial charge in [-0.3, -0.25) is 20.2 Å². The van der Waals surface area contributed by atoms with Crippen LogP contribution in [0.3, 0.4) is 0 Å². The molecule has 6 aliphatic rings. The molecule has 420 valence electrons. The fraction of sp³-hybridized carbons (Fsp3) is 0.373. The molecule has 0 bridgehead atoms. The zero-order valence-corrected chi connectivity index (χ0v) is 55.0. The van der Waals surface area contributed by atoms with Crippen LogP contribution in [0.4, 0.5) is 34.1 Å². The number of hydrogen-bond donors (Lipinski definition) is 0. The van der Waals surface area contributed by atoms with Crippen LogP contribution in [-0.4, -0.2) is 57.6 Å². The molecule has 14 heteroatoms. The van der Waals surface area contributed by atoms with Gasteiger partial charge in [-0.15, -0.1) is 0 Å². The lowest BCUT2D eigenvalue weighted by Gasteiger charge is -2.36. The molecule has 0 aromatic heterocycles. The molecule has 0 N–H and O–H groups in total. The van der Waals surface area contributed by atoms with E-state index in [2.05, 4.69) is 214 Å². The average Bonchev–Trinajstić information content (AvgIpc) is 3.95. The Bertz CT molecular complexity index is 3580. The molecular formula is C67H70Br2I2N6O4. The number of nitrogens with zero attached hydrogens (tertiary/aromatic N) is 6. The van der Waals surface area contributed by atoms with E-state index in [0.29, 0.717) is 11.4 Å². The van der Waals surface area contributed by atoms with Crippen LogP contribution in [0.1, 0.15) is 128 Å². The molecule has 0 saturated heterocycles. The summed E-state index contributed by atoms with van der Waals surface area (Å²) in [5.74, 6) is 0. The topological polar surface area (TPSA) is 98.8 Å². The van der Waals surface area contributed by atoms with Gasteiger partial charge in [0.25, 0.3) is 11.4 Å². The van der Waals surface area contributed by atoms with Crippen LogP contribution >= 0.6 is 31.9 Å². The molecule has 81 heavy (non-hydrogen) atoms. The van der Waals surface area contributed by atoms with Crippen molar-refractivity contribution >= 4 is 99.0 Å². The van der Waals surface area contributed by atoms with Crippen LogP contribution in [-0.2, 0) is 21.7 Å². The molecule has 0 amide bonds. The van der Waals surface area contributed by atoms with Crippen molar-refractivity contribution in [2.45, 2.75) is 127 Å². The molecule has 6 aromatic carbocycles. The van der Waals surface area contributed by atoms with Crippen molar-refractivity contribution < 1.29 is 67.0 Å². The number of rotatable bonds is 10. The van der Waals surface area contributed by atoms with Gasteiger partial charge in [-0.05, 0) is 136 Å². The fourth-order valence-corrected chi connectivity index (χ4v) is 16.6. The number of benzene rings is 6. The first-order valence-electron chi connectivity index (χ1n) is 28.3. The summed E-state index contributed by atoms with van der Waals surface area (Å²) < 4.78 is 6.65. The van der Waals surface area contributed by atoms with Crippen LogP contribution in [0.15, 0.2) is 154 Å². The average molecular weight is 1440 g/mol. The van der Waals surface area contributed by atoms with Gasteiger partial charge in [-0.2, -0.15) is 9.15 Å². The van der Waals surface area contributed by atoms with Crippen molar-refractivity contribution in [3.8, 4) is 0 Å².